The van der Waals surface area contributed by atoms with E-state index in [-0.39, 0.29) is 6.04 Å². The molecule has 0 rings (SSSR count). The average Bonchev–Trinajstić information content (AvgIpc) is 2.01. The summed E-state index contributed by atoms with van der Waals surface area (Å²) in [5.41, 5.74) is 0. The Morgan fingerprint density at radius 3 is 2.62 bits per heavy atom. The molecule has 1 N–H and O–H groups in total. The highest BCUT2D eigenvalue weighted by Gasteiger charge is 2.07. The van der Waals surface area contributed by atoms with E-state index in [1.54, 1.807) is 6.92 Å². The number of nitriles is 1. The third-order valence-electron chi connectivity index (χ3n) is 1.31. The van der Waals surface area contributed by atoms with E-state index in [2.05, 4.69) is 5.32 Å². The van der Waals surface area contributed by atoms with E-state index in [0.29, 0.717) is 18.9 Å². The van der Waals surface area contributed by atoms with Crippen LogP contribution in [0.1, 0.15) is 27.2 Å². The molecule has 0 saturated carbocycles. The van der Waals surface area contributed by atoms with E-state index in [4.69, 9.17) is 10.00 Å². The third-order valence-corrected chi connectivity index (χ3v) is 1.31. The average molecular weight is 184 g/mol. The molecular formula is C9H16N2O2. The smallest absolute Gasteiger partial charge is 0.407 e. The van der Waals surface area contributed by atoms with Crippen molar-refractivity contribution in [3.8, 4) is 6.07 Å². The summed E-state index contributed by atoms with van der Waals surface area (Å²) in [4.78, 5) is 11.0. The van der Waals surface area contributed by atoms with Gasteiger partial charge in [-0.15, -0.1) is 0 Å². The Morgan fingerprint density at radius 2 is 2.15 bits per heavy atom. The molecule has 74 valence electrons. The fraction of sp³-hybridized carbons (Fsp3) is 0.778. The summed E-state index contributed by atoms with van der Waals surface area (Å²) in [7, 11) is 0. The van der Waals surface area contributed by atoms with Crippen LogP contribution in [0.15, 0.2) is 0 Å². The molecule has 0 bridgehead atoms. The number of alkyl carbamates (subject to hydrolysis) is 1. The van der Waals surface area contributed by atoms with Gasteiger partial charge in [-0.1, -0.05) is 13.8 Å². The summed E-state index contributed by atoms with van der Waals surface area (Å²) in [5, 5.41) is 10.9. The number of hydrogen-bond acceptors (Lipinski definition) is 3. The molecule has 4 nitrogen and oxygen atoms in total. The molecule has 0 radical (unpaired) electrons. The van der Waals surface area contributed by atoms with E-state index in [0.717, 1.165) is 0 Å². The van der Waals surface area contributed by atoms with E-state index >= 15 is 0 Å². The monoisotopic (exact) mass is 184 g/mol. The van der Waals surface area contributed by atoms with Crippen molar-refractivity contribution in [3.63, 3.8) is 0 Å². The zero-order chi connectivity index (χ0) is 10.3. The molecule has 0 aromatic carbocycles. The molecule has 1 atom stereocenters. The van der Waals surface area contributed by atoms with Gasteiger partial charge in [-0.25, -0.2) is 4.79 Å². The second-order valence-corrected chi connectivity index (χ2v) is 3.40. The molecule has 0 aromatic rings. The van der Waals surface area contributed by atoms with Crippen LogP contribution in [-0.4, -0.2) is 18.7 Å². The van der Waals surface area contributed by atoms with Gasteiger partial charge >= 0.3 is 6.09 Å². The highest BCUT2D eigenvalue weighted by Crippen LogP contribution is 1.94. The van der Waals surface area contributed by atoms with Crippen LogP contribution in [-0.2, 0) is 4.74 Å². The Morgan fingerprint density at radius 1 is 1.54 bits per heavy atom. The number of nitrogens with one attached hydrogen (secondary N) is 1. The van der Waals surface area contributed by atoms with E-state index in [1.807, 2.05) is 19.9 Å². The van der Waals surface area contributed by atoms with Crippen LogP contribution in [0, 0.1) is 17.2 Å². The quantitative estimate of drug-likeness (QED) is 0.722. The van der Waals surface area contributed by atoms with Gasteiger partial charge < -0.3 is 10.1 Å². The summed E-state index contributed by atoms with van der Waals surface area (Å²) >= 11 is 0. The molecule has 0 heterocycles. The molecule has 1 amide bonds. The van der Waals surface area contributed by atoms with Gasteiger partial charge in [-0.3, -0.25) is 0 Å². The van der Waals surface area contributed by atoms with Crippen molar-refractivity contribution in [3.05, 3.63) is 0 Å². The molecular weight excluding hydrogens is 168 g/mol. The zero-order valence-electron chi connectivity index (χ0n) is 8.33. The Bertz CT molecular complexity index is 196. The lowest BCUT2D eigenvalue weighted by atomic mass is 10.2. The predicted molar refractivity (Wildman–Crippen MR) is 49.0 cm³/mol. The van der Waals surface area contributed by atoms with Crippen LogP contribution in [0.4, 0.5) is 4.79 Å². The van der Waals surface area contributed by atoms with Crippen molar-refractivity contribution in [1.29, 1.82) is 5.26 Å². The second-order valence-electron chi connectivity index (χ2n) is 3.40. The summed E-state index contributed by atoms with van der Waals surface area (Å²) in [5.74, 6) is 0.331. The highest BCUT2D eigenvalue weighted by molar-refractivity contribution is 5.67. The second kappa shape index (κ2) is 6.30. The highest BCUT2D eigenvalue weighted by atomic mass is 16.5. The van der Waals surface area contributed by atoms with Crippen molar-refractivity contribution in [2.45, 2.75) is 33.2 Å². The summed E-state index contributed by atoms with van der Waals surface area (Å²) in [6.07, 6.45) is -0.145. The molecule has 13 heavy (non-hydrogen) atoms. The fourth-order valence-electron chi connectivity index (χ4n) is 0.673. The number of carbonyl (C=O) groups excluding carboxylic acids is 1. The minimum atomic E-state index is -0.448. The van der Waals surface area contributed by atoms with Crippen LogP contribution in [0.3, 0.4) is 0 Å². The molecule has 0 aliphatic heterocycles. The number of hydrogen-bond donors (Lipinski definition) is 1. The van der Waals surface area contributed by atoms with Gasteiger partial charge in [-0.05, 0) is 12.8 Å². The Balaban J connectivity index is 3.57. The minimum Gasteiger partial charge on any atom is -0.449 e. The summed E-state index contributed by atoms with van der Waals surface area (Å²) in [6, 6.07) is 1.82. The topological polar surface area (TPSA) is 62.1 Å². The molecule has 0 aliphatic carbocycles. The number of amides is 1. The maximum Gasteiger partial charge on any atom is 0.407 e. The number of ether oxygens (including phenoxy) is 1. The molecule has 4 heteroatoms. The molecule has 0 fully saturated rings. The van der Waals surface area contributed by atoms with E-state index in [9.17, 15) is 4.79 Å². The van der Waals surface area contributed by atoms with Crippen molar-refractivity contribution in [1.82, 2.24) is 5.32 Å². The lowest BCUT2D eigenvalue weighted by molar-refractivity contribution is 0.130. The van der Waals surface area contributed by atoms with E-state index in [1.165, 1.54) is 0 Å². The first kappa shape index (κ1) is 11.8. The van der Waals surface area contributed by atoms with Crippen molar-refractivity contribution < 1.29 is 9.53 Å². The SMILES string of the molecule is CC(C)COC(=O)NC(C)CC#N. The largest absolute Gasteiger partial charge is 0.449 e. The molecule has 0 spiro atoms. The summed E-state index contributed by atoms with van der Waals surface area (Å²) < 4.78 is 4.86. The molecule has 1 unspecified atom stereocenters. The minimum absolute atomic E-state index is 0.148. The van der Waals surface area contributed by atoms with Gasteiger partial charge in [0.1, 0.15) is 0 Å². The summed E-state index contributed by atoms with van der Waals surface area (Å²) in [6.45, 7) is 6.10. The number of nitrogens with zero attached hydrogens (tertiary/aromatic N) is 1. The first-order valence-corrected chi connectivity index (χ1v) is 4.36. The van der Waals surface area contributed by atoms with Crippen LogP contribution in [0.5, 0.6) is 0 Å². The number of rotatable bonds is 4. The lowest BCUT2D eigenvalue weighted by Crippen LogP contribution is -2.33. The Labute approximate surface area is 78.9 Å². The first-order chi connectivity index (χ1) is 6.06. The Kier molecular flexibility index (Phi) is 5.69. The number of carbonyl (C=O) groups is 1. The first-order valence-electron chi connectivity index (χ1n) is 4.36. The van der Waals surface area contributed by atoms with Gasteiger partial charge in [0.15, 0.2) is 0 Å². The van der Waals surface area contributed by atoms with Crippen LogP contribution in [0.25, 0.3) is 0 Å². The van der Waals surface area contributed by atoms with Crippen molar-refractivity contribution >= 4 is 6.09 Å². The Hall–Kier alpha value is -1.24. The molecule has 0 aliphatic rings. The maximum absolute atomic E-state index is 11.0. The van der Waals surface area contributed by atoms with Gasteiger partial charge in [0, 0.05) is 6.04 Å². The maximum atomic E-state index is 11.0. The van der Waals surface area contributed by atoms with Crippen LogP contribution in [0.2, 0.25) is 0 Å². The van der Waals surface area contributed by atoms with Gasteiger partial charge in [0.05, 0.1) is 19.1 Å². The zero-order valence-corrected chi connectivity index (χ0v) is 8.33. The van der Waals surface area contributed by atoms with E-state index < -0.39 is 6.09 Å². The molecule has 0 aromatic heterocycles. The third kappa shape index (κ3) is 7.13. The fourth-order valence-corrected chi connectivity index (χ4v) is 0.673. The van der Waals surface area contributed by atoms with Crippen LogP contribution >= 0.6 is 0 Å². The molecule has 0 saturated heterocycles. The predicted octanol–water partition coefficient (Wildman–Crippen LogP) is 1.67. The van der Waals surface area contributed by atoms with Crippen LogP contribution < -0.4 is 5.32 Å². The van der Waals surface area contributed by atoms with Gasteiger partial charge in [0.2, 0.25) is 0 Å². The van der Waals surface area contributed by atoms with Gasteiger partial charge in [-0.2, -0.15) is 5.26 Å². The standard InChI is InChI=1S/C9H16N2O2/c1-7(2)6-13-9(12)11-8(3)4-5-10/h7-8H,4,6H2,1-3H3,(H,11,12). The van der Waals surface area contributed by atoms with Gasteiger partial charge in [0.25, 0.3) is 0 Å². The normalized spacial score (nSPS) is 11.9. The van der Waals surface area contributed by atoms with Crippen molar-refractivity contribution in [2.75, 3.05) is 6.61 Å². The van der Waals surface area contributed by atoms with Crippen molar-refractivity contribution in [2.24, 2.45) is 5.92 Å². The lowest BCUT2D eigenvalue weighted by Gasteiger charge is -2.11.